The van der Waals surface area contributed by atoms with Gasteiger partial charge >= 0.3 is 0 Å². The lowest BCUT2D eigenvalue weighted by Gasteiger charge is -2.09. The van der Waals surface area contributed by atoms with Crippen LogP contribution in [0.1, 0.15) is 24.2 Å². The summed E-state index contributed by atoms with van der Waals surface area (Å²) in [5, 5.41) is 2.79. The Bertz CT molecular complexity index is 408. The molecule has 1 aromatic rings. The molecule has 5 heteroatoms. The highest BCUT2D eigenvalue weighted by atomic mass is 79.9. The molecule has 18 heavy (non-hydrogen) atoms. The van der Waals surface area contributed by atoms with E-state index in [9.17, 15) is 4.79 Å². The Labute approximate surface area is 116 Å². The van der Waals surface area contributed by atoms with E-state index in [0.29, 0.717) is 36.9 Å². The molecular formula is C13H19BrN2O2. The summed E-state index contributed by atoms with van der Waals surface area (Å²) < 4.78 is 6.12. The van der Waals surface area contributed by atoms with Crippen LogP contribution >= 0.6 is 15.9 Å². The lowest BCUT2D eigenvalue weighted by molar-refractivity contribution is 0.0885. The molecule has 0 saturated carbocycles. The van der Waals surface area contributed by atoms with Crippen molar-refractivity contribution < 1.29 is 9.53 Å². The van der Waals surface area contributed by atoms with E-state index in [1.54, 1.807) is 18.2 Å². The zero-order chi connectivity index (χ0) is 13.5. The first kappa shape index (κ1) is 15.0. The quantitative estimate of drug-likeness (QED) is 0.626. The third kappa shape index (κ3) is 5.06. The minimum Gasteiger partial charge on any atom is -0.399 e. The van der Waals surface area contributed by atoms with E-state index in [-0.39, 0.29) is 5.91 Å². The van der Waals surface area contributed by atoms with Crippen molar-refractivity contribution in [2.75, 3.05) is 25.5 Å². The topological polar surface area (TPSA) is 64.3 Å². The molecular weight excluding hydrogens is 296 g/mol. The molecule has 1 amide bonds. The normalized spacial score (nSPS) is 10.7. The van der Waals surface area contributed by atoms with Crippen molar-refractivity contribution >= 4 is 27.5 Å². The standard InChI is InChI=1S/C13H19BrN2O2/c1-9(2)8-18-6-5-16-13(17)11-7-10(15)3-4-12(11)14/h3-4,7,9H,5-6,8,15H2,1-2H3,(H,16,17). The lowest BCUT2D eigenvalue weighted by atomic mass is 10.2. The van der Waals surface area contributed by atoms with E-state index in [1.807, 2.05) is 0 Å². The van der Waals surface area contributed by atoms with Gasteiger partial charge in [-0.05, 0) is 40.0 Å². The van der Waals surface area contributed by atoms with Gasteiger partial charge in [0.2, 0.25) is 0 Å². The van der Waals surface area contributed by atoms with Gasteiger partial charge in [-0.1, -0.05) is 13.8 Å². The molecule has 0 radical (unpaired) electrons. The van der Waals surface area contributed by atoms with Crippen LogP contribution in [0.3, 0.4) is 0 Å². The van der Waals surface area contributed by atoms with Crippen LogP contribution in [-0.4, -0.2) is 25.7 Å². The Kier molecular flexibility index (Phi) is 6.15. The van der Waals surface area contributed by atoms with Gasteiger partial charge in [0.1, 0.15) is 0 Å². The average Bonchev–Trinajstić information content (AvgIpc) is 2.31. The van der Waals surface area contributed by atoms with Gasteiger partial charge in [-0.2, -0.15) is 0 Å². The Balaban J connectivity index is 2.39. The molecule has 100 valence electrons. The molecule has 0 atom stereocenters. The van der Waals surface area contributed by atoms with Crippen molar-refractivity contribution in [2.24, 2.45) is 5.92 Å². The number of halogens is 1. The Morgan fingerprint density at radius 1 is 1.50 bits per heavy atom. The third-order valence-electron chi connectivity index (χ3n) is 2.22. The number of hydrogen-bond donors (Lipinski definition) is 2. The molecule has 0 heterocycles. The number of ether oxygens (including phenoxy) is 1. The van der Waals surface area contributed by atoms with Crippen LogP contribution in [0, 0.1) is 5.92 Å². The summed E-state index contributed by atoms with van der Waals surface area (Å²) >= 11 is 3.33. The van der Waals surface area contributed by atoms with Gasteiger partial charge in [0.25, 0.3) is 5.91 Å². The maximum Gasteiger partial charge on any atom is 0.252 e. The molecule has 0 fully saturated rings. The smallest absolute Gasteiger partial charge is 0.252 e. The number of nitrogen functional groups attached to an aromatic ring is 1. The van der Waals surface area contributed by atoms with E-state index in [0.717, 1.165) is 4.47 Å². The summed E-state index contributed by atoms with van der Waals surface area (Å²) in [6, 6.07) is 5.15. The maximum atomic E-state index is 11.9. The summed E-state index contributed by atoms with van der Waals surface area (Å²) in [5.41, 5.74) is 6.76. The fourth-order valence-electron chi connectivity index (χ4n) is 1.37. The van der Waals surface area contributed by atoms with Crippen molar-refractivity contribution in [2.45, 2.75) is 13.8 Å². The zero-order valence-electron chi connectivity index (χ0n) is 10.7. The van der Waals surface area contributed by atoms with Gasteiger partial charge < -0.3 is 15.8 Å². The van der Waals surface area contributed by atoms with Gasteiger partial charge in [-0.3, -0.25) is 4.79 Å². The van der Waals surface area contributed by atoms with E-state index in [1.165, 1.54) is 0 Å². The van der Waals surface area contributed by atoms with Gasteiger partial charge in [0.15, 0.2) is 0 Å². The SMILES string of the molecule is CC(C)COCCNC(=O)c1cc(N)ccc1Br. The number of amides is 1. The molecule has 0 unspecified atom stereocenters. The van der Waals surface area contributed by atoms with Crippen molar-refractivity contribution in [3.05, 3.63) is 28.2 Å². The summed E-state index contributed by atoms with van der Waals surface area (Å²) in [7, 11) is 0. The van der Waals surface area contributed by atoms with Gasteiger partial charge in [0.05, 0.1) is 12.2 Å². The van der Waals surface area contributed by atoms with Crippen LogP contribution < -0.4 is 11.1 Å². The number of benzene rings is 1. The van der Waals surface area contributed by atoms with Crippen molar-refractivity contribution in [3.63, 3.8) is 0 Å². The van der Waals surface area contributed by atoms with E-state index in [2.05, 4.69) is 35.1 Å². The Morgan fingerprint density at radius 2 is 2.22 bits per heavy atom. The highest BCUT2D eigenvalue weighted by molar-refractivity contribution is 9.10. The summed E-state index contributed by atoms with van der Waals surface area (Å²) in [6.07, 6.45) is 0. The molecule has 0 bridgehead atoms. The van der Waals surface area contributed by atoms with Crippen LogP contribution in [0.5, 0.6) is 0 Å². The van der Waals surface area contributed by atoms with Crippen LogP contribution in [0.2, 0.25) is 0 Å². The monoisotopic (exact) mass is 314 g/mol. The van der Waals surface area contributed by atoms with Gasteiger partial charge in [0, 0.05) is 23.3 Å². The molecule has 0 aliphatic heterocycles. The summed E-state index contributed by atoms with van der Waals surface area (Å²) in [5.74, 6) is 0.353. The molecule has 4 nitrogen and oxygen atoms in total. The molecule has 1 aromatic carbocycles. The van der Waals surface area contributed by atoms with Crippen molar-refractivity contribution in [3.8, 4) is 0 Å². The number of carbonyl (C=O) groups excluding carboxylic acids is 1. The Morgan fingerprint density at radius 3 is 2.89 bits per heavy atom. The highest BCUT2D eigenvalue weighted by Crippen LogP contribution is 2.19. The zero-order valence-corrected chi connectivity index (χ0v) is 12.3. The molecule has 0 aliphatic carbocycles. The minimum atomic E-state index is -0.151. The van der Waals surface area contributed by atoms with E-state index in [4.69, 9.17) is 10.5 Å². The van der Waals surface area contributed by atoms with Crippen molar-refractivity contribution in [1.29, 1.82) is 0 Å². The van der Waals surface area contributed by atoms with E-state index < -0.39 is 0 Å². The number of anilines is 1. The minimum absolute atomic E-state index is 0.151. The first-order valence-corrected chi connectivity index (χ1v) is 6.71. The first-order valence-electron chi connectivity index (χ1n) is 5.91. The predicted molar refractivity (Wildman–Crippen MR) is 76.5 cm³/mol. The lowest BCUT2D eigenvalue weighted by Crippen LogP contribution is -2.28. The molecule has 0 saturated heterocycles. The highest BCUT2D eigenvalue weighted by Gasteiger charge is 2.09. The Hall–Kier alpha value is -1.07. The van der Waals surface area contributed by atoms with Crippen LogP contribution in [-0.2, 0) is 4.74 Å². The average molecular weight is 315 g/mol. The molecule has 0 aromatic heterocycles. The first-order chi connectivity index (χ1) is 8.50. The number of carbonyl (C=O) groups is 1. The largest absolute Gasteiger partial charge is 0.399 e. The maximum absolute atomic E-state index is 11.9. The van der Waals surface area contributed by atoms with Crippen LogP contribution in [0.25, 0.3) is 0 Å². The number of nitrogens with two attached hydrogens (primary N) is 1. The summed E-state index contributed by atoms with van der Waals surface area (Å²) in [6.45, 7) is 5.89. The summed E-state index contributed by atoms with van der Waals surface area (Å²) in [4.78, 5) is 11.9. The second kappa shape index (κ2) is 7.38. The fourth-order valence-corrected chi connectivity index (χ4v) is 1.79. The molecule has 1 rings (SSSR count). The van der Waals surface area contributed by atoms with Gasteiger partial charge in [-0.25, -0.2) is 0 Å². The predicted octanol–water partition coefficient (Wildman–Crippen LogP) is 2.43. The van der Waals surface area contributed by atoms with Gasteiger partial charge in [-0.15, -0.1) is 0 Å². The van der Waals surface area contributed by atoms with Crippen LogP contribution in [0.15, 0.2) is 22.7 Å². The van der Waals surface area contributed by atoms with E-state index >= 15 is 0 Å². The number of nitrogens with one attached hydrogen (secondary N) is 1. The molecule has 3 N–H and O–H groups in total. The number of hydrogen-bond acceptors (Lipinski definition) is 3. The molecule has 0 spiro atoms. The second-order valence-electron chi connectivity index (χ2n) is 4.46. The molecule has 0 aliphatic rings. The second-order valence-corrected chi connectivity index (χ2v) is 5.32. The number of rotatable bonds is 6. The van der Waals surface area contributed by atoms with Crippen LogP contribution in [0.4, 0.5) is 5.69 Å². The fraction of sp³-hybridized carbons (Fsp3) is 0.462. The third-order valence-corrected chi connectivity index (χ3v) is 2.91. The van der Waals surface area contributed by atoms with Crippen molar-refractivity contribution in [1.82, 2.24) is 5.32 Å².